The number of aryl methyl sites for hydroxylation is 1. The lowest BCUT2D eigenvalue weighted by Gasteiger charge is -2.37. The van der Waals surface area contributed by atoms with Crippen molar-refractivity contribution in [2.45, 2.75) is 45.6 Å². The maximum Gasteiger partial charge on any atom is 0.134 e. The molecular formula is C16H29N5. The van der Waals surface area contributed by atoms with Crippen molar-refractivity contribution in [3.05, 3.63) is 11.9 Å². The number of nitrogens with one attached hydrogen (secondary N) is 1. The fraction of sp³-hybridized carbons (Fsp3) is 0.750. The molecule has 2 heterocycles. The van der Waals surface area contributed by atoms with Crippen LogP contribution in [0.3, 0.4) is 0 Å². The highest BCUT2D eigenvalue weighted by molar-refractivity contribution is 5.49. The first kappa shape index (κ1) is 16.0. The van der Waals surface area contributed by atoms with Gasteiger partial charge in [0.05, 0.1) is 0 Å². The van der Waals surface area contributed by atoms with Gasteiger partial charge in [0, 0.05) is 45.7 Å². The molecule has 5 nitrogen and oxygen atoms in total. The summed E-state index contributed by atoms with van der Waals surface area (Å²) in [5.41, 5.74) is 0. The third-order valence-electron chi connectivity index (χ3n) is 4.40. The van der Waals surface area contributed by atoms with Gasteiger partial charge < -0.3 is 15.1 Å². The van der Waals surface area contributed by atoms with Gasteiger partial charge in [0.15, 0.2) is 0 Å². The third-order valence-corrected chi connectivity index (χ3v) is 4.40. The maximum atomic E-state index is 4.75. The molecule has 0 atom stereocenters. The van der Waals surface area contributed by atoms with Crippen LogP contribution in [0.1, 0.15) is 38.9 Å². The molecular weight excluding hydrogens is 262 g/mol. The van der Waals surface area contributed by atoms with E-state index in [1.807, 2.05) is 7.05 Å². The summed E-state index contributed by atoms with van der Waals surface area (Å²) in [6.07, 6.45) is 4.44. The number of anilines is 2. The van der Waals surface area contributed by atoms with Gasteiger partial charge in [-0.15, -0.1) is 0 Å². The first-order chi connectivity index (χ1) is 10.2. The van der Waals surface area contributed by atoms with Gasteiger partial charge in [-0.1, -0.05) is 13.8 Å². The third kappa shape index (κ3) is 4.06. The van der Waals surface area contributed by atoms with Crippen molar-refractivity contribution in [1.82, 2.24) is 14.9 Å². The number of hydrogen-bond acceptors (Lipinski definition) is 5. The summed E-state index contributed by atoms with van der Waals surface area (Å²) in [6.45, 7) is 7.95. The van der Waals surface area contributed by atoms with Crippen LogP contribution in [0.15, 0.2) is 6.07 Å². The zero-order chi connectivity index (χ0) is 15.2. The van der Waals surface area contributed by atoms with Gasteiger partial charge in [-0.05, 0) is 25.8 Å². The zero-order valence-electron chi connectivity index (χ0n) is 13.9. The molecule has 0 amide bonds. The van der Waals surface area contributed by atoms with E-state index in [-0.39, 0.29) is 0 Å². The van der Waals surface area contributed by atoms with E-state index in [9.17, 15) is 0 Å². The number of piperidine rings is 1. The van der Waals surface area contributed by atoms with Crippen molar-refractivity contribution in [3.63, 3.8) is 0 Å². The molecule has 0 unspecified atom stereocenters. The van der Waals surface area contributed by atoms with Crippen LogP contribution in [0.25, 0.3) is 0 Å². The molecule has 0 aromatic carbocycles. The highest BCUT2D eigenvalue weighted by atomic mass is 15.2. The number of nitrogens with zero attached hydrogens (tertiary/aromatic N) is 4. The van der Waals surface area contributed by atoms with E-state index in [1.54, 1.807) is 0 Å². The molecule has 0 saturated carbocycles. The predicted octanol–water partition coefficient (Wildman–Crippen LogP) is 2.39. The largest absolute Gasteiger partial charge is 0.373 e. The van der Waals surface area contributed by atoms with Crippen LogP contribution in [-0.2, 0) is 6.42 Å². The molecule has 0 radical (unpaired) electrons. The second-order valence-electron chi connectivity index (χ2n) is 5.80. The monoisotopic (exact) mass is 291 g/mol. The minimum absolute atomic E-state index is 0.585. The normalized spacial score (nSPS) is 17.0. The molecule has 1 aromatic rings. The van der Waals surface area contributed by atoms with Crippen LogP contribution in [0.4, 0.5) is 11.6 Å². The number of likely N-dealkylation sites (tertiary alicyclic amines) is 1. The van der Waals surface area contributed by atoms with Crippen molar-refractivity contribution in [2.24, 2.45) is 0 Å². The summed E-state index contributed by atoms with van der Waals surface area (Å²) in [7, 11) is 4.09. The number of rotatable bonds is 6. The van der Waals surface area contributed by atoms with Gasteiger partial charge in [-0.2, -0.15) is 0 Å². The minimum atomic E-state index is 0.585. The molecule has 0 bridgehead atoms. The highest BCUT2D eigenvalue weighted by Crippen LogP contribution is 2.22. The van der Waals surface area contributed by atoms with Gasteiger partial charge in [0.25, 0.3) is 0 Å². The minimum Gasteiger partial charge on any atom is -0.373 e. The molecule has 5 heteroatoms. The molecule has 0 spiro atoms. The van der Waals surface area contributed by atoms with Crippen LogP contribution >= 0.6 is 0 Å². The molecule has 1 aromatic heterocycles. The summed E-state index contributed by atoms with van der Waals surface area (Å²) in [5.74, 6) is 2.91. The first-order valence-corrected chi connectivity index (χ1v) is 8.18. The zero-order valence-corrected chi connectivity index (χ0v) is 13.9. The Balaban J connectivity index is 2.10. The molecule has 1 aliphatic heterocycles. The second-order valence-corrected chi connectivity index (χ2v) is 5.80. The molecule has 2 rings (SSSR count). The van der Waals surface area contributed by atoms with E-state index in [0.29, 0.717) is 6.04 Å². The predicted molar refractivity (Wildman–Crippen MR) is 89.1 cm³/mol. The fourth-order valence-electron chi connectivity index (χ4n) is 2.94. The molecule has 1 aliphatic rings. The van der Waals surface area contributed by atoms with Crippen molar-refractivity contribution >= 4 is 11.6 Å². The smallest absolute Gasteiger partial charge is 0.134 e. The van der Waals surface area contributed by atoms with Crippen LogP contribution in [0.2, 0.25) is 0 Å². The van der Waals surface area contributed by atoms with Crippen LogP contribution in [0.5, 0.6) is 0 Å². The SMILES string of the molecule is CCCc1nc(NC)cc(N(C)C2CCN(CC)CC2)n1. The summed E-state index contributed by atoms with van der Waals surface area (Å²) in [6, 6.07) is 2.65. The van der Waals surface area contributed by atoms with E-state index in [2.05, 4.69) is 47.1 Å². The van der Waals surface area contributed by atoms with Crippen molar-refractivity contribution in [2.75, 3.05) is 43.9 Å². The van der Waals surface area contributed by atoms with Crippen LogP contribution in [-0.4, -0.2) is 54.6 Å². The van der Waals surface area contributed by atoms with E-state index < -0.39 is 0 Å². The topological polar surface area (TPSA) is 44.3 Å². The van der Waals surface area contributed by atoms with Gasteiger partial charge in [0.2, 0.25) is 0 Å². The van der Waals surface area contributed by atoms with E-state index in [0.717, 1.165) is 36.8 Å². The van der Waals surface area contributed by atoms with Crippen molar-refractivity contribution in [3.8, 4) is 0 Å². The van der Waals surface area contributed by atoms with Crippen LogP contribution < -0.4 is 10.2 Å². The number of aromatic nitrogens is 2. The number of hydrogen-bond donors (Lipinski definition) is 1. The first-order valence-electron chi connectivity index (χ1n) is 8.18. The van der Waals surface area contributed by atoms with Gasteiger partial charge in [-0.3, -0.25) is 0 Å². The fourth-order valence-corrected chi connectivity index (χ4v) is 2.94. The second kappa shape index (κ2) is 7.59. The summed E-state index contributed by atoms with van der Waals surface area (Å²) in [4.78, 5) is 14.1. The van der Waals surface area contributed by atoms with Crippen molar-refractivity contribution < 1.29 is 0 Å². The Labute approximate surface area is 128 Å². The quantitative estimate of drug-likeness (QED) is 0.872. The Bertz CT molecular complexity index is 440. The molecule has 21 heavy (non-hydrogen) atoms. The molecule has 118 valence electrons. The molecule has 1 N–H and O–H groups in total. The highest BCUT2D eigenvalue weighted by Gasteiger charge is 2.23. The average Bonchev–Trinajstić information content (AvgIpc) is 2.54. The Morgan fingerprint density at radius 3 is 2.57 bits per heavy atom. The summed E-state index contributed by atoms with van der Waals surface area (Å²) < 4.78 is 0. The van der Waals surface area contributed by atoms with Gasteiger partial charge >= 0.3 is 0 Å². The van der Waals surface area contributed by atoms with Gasteiger partial charge in [-0.25, -0.2) is 9.97 Å². The lowest BCUT2D eigenvalue weighted by Crippen LogP contribution is -2.43. The molecule has 1 fully saturated rings. The lowest BCUT2D eigenvalue weighted by molar-refractivity contribution is 0.220. The van der Waals surface area contributed by atoms with Crippen molar-refractivity contribution in [1.29, 1.82) is 0 Å². The Hall–Kier alpha value is -1.36. The van der Waals surface area contributed by atoms with E-state index in [4.69, 9.17) is 4.98 Å². The van der Waals surface area contributed by atoms with E-state index in [1.165, 1.54) is 25.9 Å². The average molecular weight is 291 g/mol. The van der Waals surface area contributed by atoms with E-state index >= 15 is 0 Å². The standard InChI is InChI=1S/C16H29N5/c1-5-7-14-18-15(17-3)12-16(19-14)20(4)13-8-10-21(6-2)11-9-13/h12-13H,5-11H2,1-4H3,(H,17,18,19). The summed E-state index contributed by atoms with van der Waals surface area (Å²) in [5, 5.41) is 3.15. The Morgan fingerprint density at radius 1 is 1.29 bits per heavy atom. The Morgan fingerprint density at radius 2 is 2.00 bits per heavy atom. The maximum absolute atomic E-state index is 4.75. The lowest BCUT2D eigenvalue weighted by atomic mass is 10.0. The Kier molecular flexibility index (Phi) is 5.79. The van der Waals surface area contributed by atoms with Crippen LogP contribution in [0, 0.1) is 0 Å². The molecule has 0 aliphatic carbocycles. The van der Waals surface area contributed by atoms with Gasteiger partial charge in [0.1, 0.15) is 17.5 Å². The summed E-state index contributed by atoms with van der Waals surface area (Å²) >= 11 is 0. The molecule has 1 saturated heterocycles.